The van der Waals surface area contributed by atoms with E-state index in [2.05, 4.69) is 17.0 Å². The Balaban J connectivity index is 2.13. The third kappa shape index (κ3) is 3.15. The first-order valence-electron chi connectivity index (χ1n) is 5.56. The molecule has 2 rings (SSSR count). The van der Waals surface area contributed by atoms with Crippen molar-refractivity contribution in [2.75, 3.05) is 5.32 Å². The van der Waals surface area contributed by atoms with Crippen LogP contribution in [-0.4, -0.2) is 9.78 Å². The number of benzene rings is 1. The lowest BCUT2D eigenvalue weighted by molar-refractivity contribution is -0.136. The van der Waals surface area contributed by atoms with Crippen LogP contribution in [0.15, 0.2) is 43.2 Å². The molecule has 0 saturated carbocycles. The maximum absolute atomic E-state index is 12.8. The molecule has 3 nitrogen and oxygen atoms in total. The SMILES string of the molecule is C=Cn1cc(CNc2ccccc2C(F)(F)F)cn1. The average molecular weight is 267 g/mol. The minimum absolute atomic E-state index is 0.0568. The Morgan fingerprint density at radius 2 is 2.05 bits per heavy atom. The summed E-state index contributed by atoms with van der Waals surface area (Å²) >= 11 is 0. The van der Waals surface area contributed by atoms with Gasteiger partial charge in [0.1, 0.15) is 0 Å². The Kier molecular flexibility index (Phi) is 3.59. The number of anilines is 1. The summed E-state index contributed by atoms with van der Waals surface area (Å²) in [6.07, 6.45) is 0.406. The van der Waals surface area contributed by atoms with Crippen molar-refractivity contribution in [1.82, 2.24) is 9.78 Å². The smallest absolute Gasteiger partial charge is 0.380 e. The lowest BCUT2D eigenvalue weighted by Crippen LogP contribution is -2.10. The van der Waals surface area contributed by atoms with Crippen LogP contribution in [0.3, 0.4) is 0 Å². The van der Waals surface area contributed by atoms with E-state index in [1.807, 2.05) is 0 Å². The van der Waals surface area contributed by atoms with Crippen molar-refractivity contribution in [2.45, 2.75) is 12.7 Å². The molecule has 1 aromatic carbocycles. The summed E-state index contributed by atoms with van der Waals surface area (Å²) in [7, 11) is 0. The molecule has 6 heteroatoms. The number of nitrogens with zero attached hydrogens (tertiary/aromatic N) is 2. The van der Waals surface area contributed by atoms with Crippen molar-refractivity contribution in [3.8, 4) is 0 Å². The number of hydrogen-bond donors (Lipinski definition) is 1. The van der Waals surface area contributed by atoms with Crippen LogP contribution >= 0.6 is 0 Å². The summed E-state index contributed by atoms with van der Waals surface area (Å²) in [6, 6.07) is 5.38. The summed E-state index contributed by atoms with van der Waals surface area (Å²) in [4.78, 5) is 0. The van der Waals surface area contributed by atoms with Gasteiger partial charge < -0.3 is 5.32 Å². The molecule has 0 bridgehead atoms. The molecular weight excluding hydrogens is 255 g/mol. The van der Waals surface area contributed by atoms with Crippen molar-refractivity contribution in [1.29, 1.82) is 0 Å². The summed E-state index contributed by atoms with van der Waals surface area (Å²) in [5.41, 5.74) is 0.157. The largest absolute Gasteiger partial charge is 0.418 e. The van der Waals surface area contributed by atoms with Gasteiger partial charge in [0.15, 0.2) is 0 Å². The maximum atomic E-state index is 12.8. The second-order valence-electron chi connectivity index (χ2n) is 3.91. The van der Waals surface area contributed by atoms with Crippen molar-refractivity contribution in [2.24, 2.45) is 0 Å². The van der Waals surface area contributed by atoms with Crippen LogP contribution in [0, 0.1) is 0 Å². The highest BCUT2D eigenvalue weighted by Gasteiger charge is 2.32. The molecule has 0 unspecified atom stereocenters. The fraction of sp³-hybridized carbons (Fsp3) is 0.154. The van der Waals surface area contributed by atoms with Gasteiger partial charge >= 0.3 is 6.18 Å². The van der Waals surface area contributed by atoms with Gasteiger partial charge in [-0.25, -0.2) is 4.68 Å². The lowest BCUT2D eigenvalue weighted by atomic mass is 10.1. The van der Waals surface area contributed by atoms with Crippen molar-refractivity contribution >= 4 is 11.9 Å². The molecule has 0 spiro atoms. The van der Waals surface area contributed by atoms with E-state index < -0.39 is 11.7 Å². The Labute approximate surface area is 108 Å². The molecule has 0 aliphatic heterocycles. The number of alkyl halides is 3. The predicted octanol–water partition coefficient (Wildman–Crippen LogP) is 3.61. The first kappa shape index (κ1) is 13.2. The van der Waals surface area contributed by atoms with E-state index in [1.54, 1.807) is 18.5 Å². The van der Waals surface area contributed by atoms with Crippen LogP contribution in [-0.2, 0) is 12.7 Å². The monoisotopic (exact) mass is 267 g/mol. The molecule has 0 aliphatic carbocycles. The summed E-state index contributed by atoms with van der Waals surface area (Å²) < 4.78 is 39.8. The van der Waals surface area contributed by atoms with E-state index >= 15 is 0 Å². The molecular formula is C13H12F3N3. The summed E-state index contributed by atoms with van der Waals surface area (Å²) in [6.45, 7) is 3.81. The number of aromatic nitrogens is 2. The fourth-order valence-electron chi connectivity index (χ4n) is 1.65. The first-order valence-corrected chi connectivity index (χ1v) is 5.56. The molecule has 0 amide bonds. The second kappa shape index (κ2) is 5.17. The lowest BCUT2D eigenvalue weighted by Gasteiger charge is -2.13. The van der Waals surface area contributed by atoms with E-state index in [0.717, 1.165) is 11.6 Å². The zero-order chi connectivity index (χ0) is 13.9. The molecule has 1 aromatic heterocycles. The molecule has 19 heavy (non-hydrogen) atoms. The molecule has 1 heterocycles. The molecule has 100 valence electrons. The Morgan fingerprint density at radius 1 is 1.32 bits per heavy atom. The quantitative estimate of drug-likeness (QED) is 0.917. The fourth-order valence-corrected chi connectivity index (χ4v) is 1.65. The molecule has 0 saturated heterocycles. The van der Waals surface area contributed by atoms with Gasteiger partial charge in [-0.2, -0.15) is 18.3 Å². The van der Waals surface area contributed by atoms with E-state index in [4.69, 9.17) is 0 Å². The van der Waals surface area contributed by atoms with Gasteiger partial charge in [0.2, 0.25) is 0 Å². The van der Waals surface area contributed by atoms with Gasteiger partial charge in [-0.15, -0.1) is 0 Å². The Morgan fingerprint density at radius 3 is 2.68 bits per heavy atom. The number of hydrogen-bond acceptors (Lipinski definition) is 2. The Hall–Kier alpha value is -2.24. The molecule has 0 radical (unpaired) electrons. The molecule has 1 N–H and O–H groups in total. The third-order valence-electron chi connectivity index (χ3n) is 2.56. The van der Waals surface area contributed by atoms with Crippen molar-refractivity contribution in [3.05, 3.63) is 54.4 Å². The van der Waals surface area contributed by atoms with Gasteiger partial charge in [-0.1, -0.05) is 18.7 Å². The van der Waals surface area contributed by atoms with Crippen LogP contribution in [0.25, 0.3) is 6.20 Å². The highest BCUT2D eigenvalue weighted by atomic mass is 19.4. The van der Waals surface area contributed by atoms with Crippen LogP contribution < -0.4 is 5.32 Å². The number of nitrogens with one attached hydrogen (secondary N) is 1. The number of halogens is 3. The van der Waals surface area contributed by atoms with Crippen molar-refractivity contribution < 1.29 is 13.2 Å². The Bertz CT molecular complexity index is 573. The minimum Gasteiger partial charge on any atom is -0.380 e. The number of rotatable bonds is 4. The zero-order valence-electron chi connectivity index (χ0n) is 9.98. The van der Waals surface area contributed by atoms with E-state index in [-0.39, 0.29) is 12.2 Å². The minimum atomic E-state index is -4.37. The molecule has 0 fully saturated rings. The van der Waals surface area contributed by atoms with E-state index in [1.165, 1.54) is 23.0 Å². The molecule has 0 atom stereocenters. The van der Waals surface area contributed by atoms with E-state index in [9.17, 15) is 13.2 Å². The third-order valence-corrected chi connectivity index (χ3v) is 2.56. The van der Waals surface area contributed by atoms with Gasteiger partial charge in [-0.05, 0) is 12.1 Å². The summed E-state index contributed by atoms with van der Waals surface area (Å²) in [5, 5.41) is 6.72. The van der Waals surface area contributed by atoms with Crippen LogP contribution in [0.2, 0.25) is 0 Å². The predicted molar refractivity (Wildman–Crippen MR) is 67.4 cm³/mol. The van der Waals surface area contributed by atoms with Gasteiger partial charge in [0.05, 0.1) is 11.8 Å². The topological polar surface area (TPSA) is 29.9 Å². The normalized spacial score (nSPS) is 11.3. The summed E-state index contributed by atoms with van der Waals surface area (Å²) in [5.74, 6) is 0. The van der Waals surface area contributed by atoms with Crippen LogP contribution in [0.4, 0.5) is 18.9 Å². The molecule has 0 aliphatic rings. The van der Waals surface area contributed by atoms with Crippen LogP contribution in [0.5, 0.6) is 0 Å². The average Bonchev–Trinajstić information content (AvgIpc) is 2.83. The van der Waals surface area contributed by atoms with Crippen LogP contribution in [0.1, 0.15) is 11.1 Å². The number of para-hydroxylation sites is 1. The standard InChI is InChI=1S/C13H12F3N3/c1-2-19-9-10(8-18-19)7-17-12-6-4-3-5-11(12)13(14,15)16/h2-6,8-9,17H,1,7H2. The highest BCUT2D eigenvalue weighted by molar-refractivity contribution is 5.52. The highest BCUT2D eigenvalue weighted by Crippen LogP contribution is 2.34. The zero-order valence-corrected chi connectivity index (χ0v) is 9.98. The van der Waals surface area contributed by atoms with Crippen molar-refractivity contribution in [3.63, 3.8) is 0 Å². The molecule has 2 aromatic rings. The first-order chi connectivity index (χ1) is 9.00. The van der Waals surface area contributed by atoms with Gasteiger partial charge in [0, 0.05) is 30.2 Å². The van der Waals surface area contributed by atoms with Gasteiger partial charge in [0.25, 0.3) is 0 Å². The van der Waals surface area contributed by atoms with E-state index in [0.29, 0.717) is 0 Å². The van der Waals surface area contributed by atoms with Gasteiger partial charge in [-0.3, -0.25) is 0 Å². The maximum Gasteiger partial charge on any atom is 0.418 e. The second-order valence-corrected chi connectivity index (χ2v) is 3.91.